The van der Waals surface area contributed by atoms with Crippen LogP contribution in [0.3, 0.4) is 0 Å². The molecule has 3 aromatic rings. The van der Waals surface area contributed by atoms with Crippen molar-refractivity contribution < 1.29 is 18.8 Å². The summed E-state index contributed by atoms with van der Waals surface area (Å²) in [5.74, 6) is 0.365. The minimum atomic E-state index is -0.552. The third-order valence-corrected chi connectivity index (χ3v) is 7.18. The van der Waals surface area contributed by atoms with Gasteiger partial charge in [-0.25, -0.2) is 4.98 Å². The number of hydrogen-bond donors (Lipinski definition) is 1. The molecule has 9 heteroatoms. The minimum absolute atomic E-state index is 0.148. The van der Waals surface area contributed by atoms with Gasteiger partial charge in [-0.3, -0.25) is 14.9 Å². The molecule has 2 aliphatic heterocycles. The molecule has 0 bridgehead atoms. The normalized spacial score (nSPS) is 17.6. The number of aryl methyl sites for hydroxylation is 1. The Labute approximate surface area is 189 Å². The molecule has 1 N–H and O–H groups in total. The first-order valence-electron chi connectivity index (χ1n) is 10.7. The summed E-state index contributed by atoms with van der Waals surface area (Å²) in [6, 6.07) is 11.6. The number of fused-ring (bicyclic) bond motifs is 1. The molecule has 8 nitrogen and oxygen atoms in total. The van der Waals surface area contributed by atoms with E-state index < -0.39 is 5.41 Å². The fourth-order valence-electron chi connectivity index (χ4n) is 4.46. The van der Waals surface area contributed by atoms with Crippen LogP contribution in [-0.2, 0) is 27.9 Å². The summed E-state index contributed by atoms with van der Waals surface area (Å²) in [7, 11) is 0. The van der Waals surface area contributed by atoms with Crippen LogP contribution in [0.25, 0.3) is 0 Å². The summed E-state index contributed by atoms with van der Waals surface area (Å²) in [5, 5.41) is 7.05. The summed E-state index contributed by atoms with van der Waals surface area (Å²) in [5.41, 5.74) is 1.66. The van der Waals surface area contributed by atoms with Crippen molar-refractivity contribution in [1.82, 2.24) is 15.0 Å². The van der Waals surface area contributed by atoms with Gasteiger partial charge < -0.3 is 14.2 Å². The van der Waals surface area contributed by atoms with Gasteiger partial charge in [0.15, 0.2) is 10.8 Å². The van der Waals surface area contributed by atoms with E-state index >= 15 is 0 Å². The number of thiazole rings is 1. The van der Waals surface area contributed by atoms with E-state index in [0.717, 1.165) is 16.1 Å². The maximum Gasteiger partial charge on any atom is 0.279 e. The second kappa shape index (κ2) is 8.48. The van der Waals surface area contributed by atoms with Crippen molar-refractivity contribution >= 4 is 28.3 Å². The zero-order chi connectivity index (χ0) is 22.1. The maximum atomic E-state index is 13.8. The molecule has 0 atom stereocenters. The number of amides is 2. The van der Waals surface area contributed by atoms with Crippen LogP contribution in [0.15, 0.2) is 40.9 Å². The van der Waals surface area contributed by atoms with Crippen molar-refractivity contribution in [3.05, 3.63) is 64.0 Å². The highest BCUT2D eigenvalue weighted by Gasteiger charge is 2.44. The molecule has 2 amide bonds. The Kier molecular flexibility index (Phi) is 5.52. The molecule has 166 valence electrons. The summed E-state index contributed by atoms with van der Waals surface area (Å²) < 4.78 is 10.6. The second-order valence-electron chi connectivity index (χ2n) is 8.20. The standard InChI is InChI=1S/C23H24N4O4S/c1-15-13-18(26-31-15)20(28)25-22-24-17-7-10-27(14-19(17)32-22)21(29)23(8-11-30-12-9-23)16-5-3-2-4-6-16/h2-6,13H,7-12,14H2,1H3,(H,24,25,28). The Morgan fingerprint density at radius 3 is 2.69 bits per heavy atom. The van der Waals surface area contributed by atoms with E-state index in [0.29, 0.717) is 56.5 Å². The molecular formula is C23H24N4O4S. The van der Waals surface area contributed by atoms with Gasteiger partial charge in [0.25, 0.3) is 5.91 Å². The number of nitrogens with zero attached hydrogens (tertiary/aromatic N) is 3. The SMILES string of the molecule is Cc1cc(C(=O)Nc2nc3c(s2)CN(C(=O)C2(c4ccccc4)CCOCC2)CC3)no1. The van der Waals surface area contributed by atoms with Crippen LogP contribution >= 0.6 is 11.3 Å². The first-order valence-corrected chi connectivity index (χ1v) is 11.5. The van der Waals surface area contributed by atoms with E-state index in [-0.39, 0.29) is 17.5 Å². The Balaban J connectivity index is 1.34. The number of nitrogens with one attached hydrogen (secondary N) is 1. The molecule has 4 heterocycles. The number of hydrogen-bond acceptors (Lipinski definition) is 7. The molecule has 1 aromatic carbocycles. The predicted molar refractivity (Wildman–Crippen MR) is 119 cm³/mol. The molecule has 2 aliphatic rings. The lowest BCUT2D eigenvalue weighted by Gasteiger charge is -2.41. The van der Waals surface area contributed by atoms with Gasteiger partial charge in [0, 0.05) is 37.1 Å². The van der Waals surface area contributed by atoms with Crippen LogP contribution in [0.5, 0.6) is 0 Å². The molecule has 0 aliphatic carbocycles. The first-order chi connectivity index (χ1) is 15.5. The quantitative estimate of drug-likeness (QED) is 0.652. The number of carbonyl (C=O) groups is 2. The van der Waals surface area contributed by atoms with Gasteiger partial charge in [-0.15, -0.1) is 0 Å². The van der Waals surface area contributed by atoms with Gasteiger partial charge in [0.2, 0.25) is 5.91 Å². The summed E-state index contributed by atoms with van der Waals surface area (Å²) in [4.78, 5) is 33.7. The number of carbonyl (C=O) groups excluding carboxylic acids is 2. The van der Waals surface area contributed by atoms with Crippen molar-refractivity contribution in [2.75, 3.05) is 25.1 Å². The first kappa shape index (κ1) is 20.8. The number of ether oxygens (including phenoxy) is 1. The van der Waals surface area contributed by atoms with E-state index in [2.05, 4.69) is 15.5 Å². The molecule has 1 saturated heterocycles. The van der Waals surface area contributed by atoms with E-state index in [1.165, 1.54) is 11.3 Å². The van der Waals surface area contributed by atoms with Crippen LogP contribution in [0.1, 0.15) is 45.2 Å². The monoisotopic (exact) mass is 452 g/mol. The van der Waals surface area contributed by atoms with Gasteiger partial charge in [0.1, 0.15) is 5.76 Å². The molecule has 0 radical (unpaired) electrons. The lowest BCUT2D eigenvalue weighted by Crippen LogP contribution is -2.51. The molecule has 0 unspecified atom stereocenters. The lowest BCUT2D eigenvalue weighted by molar-refractivity contribution is -0.142. The molecule has 2 aromatic heterocycles. The van der Waals surface area contributed by atoms with Crippen molar-refractivity contribution in [2.45, 2.75) is 38.1 Å². The molecule has 0 saturated carbocycles. The molecule has 1 fully saturated rings. The van der Waals surface area contributed by atoms with E-state index in [1.54, 1.807) is 13.0 Å². The molecule has 32 heavy (non-hydrogen) atoms. The Morgan fingerprint density at radius 1 is 1.19 bits per heavy atom. The molecule has 0 spiro atoms. The minimum Gasteiger partial charge on any atom is -0.381 e. The highest BCUT2D eigenvalue weighted by molar-refractivity contribution is 7.15. The van der Waals surface area contributed by atoms with Crippen LogP contribution in [0.4, 0.5) is 5.13 Å². The highest BCUT2D eigenvalue weighted by atomic mass is 32.1. The smallest absolute Gasteiger partial charge is 0.279 e. The third-order valence-electron chi connectivity index (χ3n) is 6.18. The fourth-order valence-corrected chi connectivity index (χ4v) is 5.48. The van der Waals surface area contributed by atoms with Gasteiger partial charge in [0.05, 0.1) is 17.7 Å². The van der Waals surface area contributed by atoms with Crippen LogP contribution in [0, 0.1) is 6.92 Å². The summed E-state index contributed by atoms with van der Waals surface area (Å²) in [6.45, 7) is 4.01. The average molecular weight is 453 g/mol. The molecule has 5 rings (SSSR count). The van der Waals surface area contributed by atoms with Crippen molar-refractivity contribution in [3.63, 3.8) is 0 Å². The van der Waals surface area contributed by atoms with Crippen molar-refractivity contribution in [3.8, 4) is 0 Å². The van der Waals surface area contributed by atoms with Crippen LogP contribution in [-0.4, -0.2) is 46.6 Å². The largest absolute Gasteiger partial charge is 0.381 e. The predicted octanol–water partition coefficient (Wildman–Crippen LogP) is 3.32. The van der Waals surface area contributed by atoms with E-state index in [4.69, 9.17) is 9.26 Å². The topological polar surface area (TPSA) is 97.6 Å². The Hall–Kier alpha value is -3.04. The Bertz CT molecular complexity index is 1130. The Morgan fingerprint density at radius 2 is 1.97 bits per heavy atom. The number of rotatable bonds is 4. The van der Waals surface area contributed by atoms with Gasteiger partial charge in [-0.2, -0.15) is 0 Å². The van der Waals surface area contributed by atoms with Crippen molar-refractivity contribution in [2.24, 2.45) is 0 Å². The lowest BCUT2D eigenvalue weighted by atomic mass is 9.73. The van der Waals surface area contributed by atoms with Crippen molar-refractivity contribution in [1.29, 1.82) is 0 Å². The van der Waals surface area contributed by atoms with Crippen LogP contribution < -0.4 is 5.32 Å². The number of benzene rings is 1. The van der Waals surface area contributed by atoms with E-state index in [9.17, 15) is 9.59 Å². The summed E-state index contributed by atoms with van der Waals surface area (Å²) in [6.07, 6.45) is 2.03. The fraction of sp³-hybridized carbons (Fsp3) is 0.391. The van der Waals surface area contributed by atoms with Gasteiger partial charge >= 0.3 is 0 Å². The van der Waals surface area contributed by atoms with Gasteiger partial charge in [-0.1, -0.05) is 46.8 Å². The van der Waals surface area contributed by atoms with E-state index in [1.807, 2.05) is 35.2 Å². The highest BCUT2D eigenvalue weighted by Crippen LogP contribution is 2.38. The second-order valence-corrected chi connectivity index (χ2v) is 9.29. The number of aromatic nitrogens is 2. The zero-order valence-electron chi connectivity index (χ0n) is 17.8. The molecular weight excluding hydrogens is 428 g/mol. The maximum absolute atomic E-state index is 13.8. The third kappa shape index (κ3) is 3.82. The summed E-state index contributed by atoms with van der Waals surface area (Å²) >= 11 is 1.41. The van der Waals surface area contributed by atoms with Crippen LogP contribution in [0.2, 0.25) is 0 Å². The zero-order valence-corrected chi connectivity index (χ0v) is 18.6. The average Bonchev–Trinajstić information content (AvgIpc) is 3.44. The number of anilines is 1. The van der Waals surface area contributed by atoms with Gasteiger partial charge in [-0.05, 0) is 25.3 Å².